The van der Waals surface area contributed by atoms with Crippen LogP contribution in [0.4, 0.5) is 0 Å². The second-order valence-electron chi connectivity index (χ2n) is 3.92. The van der Waals surface area contributed by atoms with Crippen molar-refractivity contribution < 1.29 is 14.3 Å². The summed E-state index contributed by atoms with van der Waals surface area (Å²) >= 11 is 0. The Morgan fingerprint density at radius 3 is 2.78 bits per heavy atom. The van der Waals surface area contributed by atoms with Crippen LogP contribution < -0.4 is 0 Å². The fourth-order valence-electron chi connectivity index (χ4n) is 1.49. The molecule has 1 rings (SSSR count). The summed E-state index contributed by atoms with van der Waals surface area (Å²) < 4.78 is 4.77. The van der Waals surface area contributed by atoms with Gasteiger partial charge in [-0.1, -0.05) is 6.07 Å². The lowest BCUT2D eigenvalue weighted by Gasteiger charge is -2.16. The topological polar surface area (TPSA) is 59.5 Å². The van der Waals surface area contributed by atoms with E-state index in [1.165, 1.54) is 0 Å². The van der Waals surface area contributed by atoms with Gasteiger partial charge in [0.1, 0.15) is 0 Å². The molecule has 1 aromatic heterocycles. The Kier molecular flexibility index (Phi) is 5.84. The van der Waals surface area contributed by atoms with Crippen LogP contribution in [0, 0.1) is 0 Å². The summed E-state index contributed by atoms with van der Waals surface area (Å²) in [4.78, 5) is 28.4. The van der Waals surface area contributed by atoms with Crippen molar-refractivity contribution in [3.63, 3.8) is 0 Å². The van der Waals surface area contributed by atoms with Crippen molar-refractivity contribution in [2.24, 2.45) is 0 Å². The van der Waals surface area contributed by atoms with Crippen LogP contribution in [0.3, 0.4) is 0 Å². The van der Waals surface area contributed by atoms with Gasteiger partial charge in [0.2, 0.25) is 5.91 Å². The molecule has 0 aliphatic rings. The number of hydrogen-bond donors (Lipinski definition) is 0. The number of carbonyl (C=O) groups is 2. The predicted molar refractivity (Wildman–Crippen MR) is 66.6 cm³/mol. The maximum absolute atomic E-state index is 11.8. The first-order chi connectivity index (χ1) is 8.63. The molecule has 0 aromatic carbocycles. The minimum atomic E-state index is -0.333. The highest BCUT2D eigenvalue weighted by Crippen LogP contribution is 2.04. The van der Waals surface area contributed by atoms with E-state index in [2.05, 4.69) is 4.98 Å². The summed E-state index contributed by atoms with van der Waals surface area (Å²) in [6.07, 6.45) is 3.71. The highest BCUT2D eigenvalue weighted by atomic mass is 16.5. The predicted octanol–water partition coefficient (Wildman–Crippen LogP) is 1.38. The van der Waals surface area contributed by atoms with Gasteiger partial charge in [-0.3, -0.25) is 14.6 Å². The number of ether oxygens (including phenoxy) is 1. The molecule has 0 saturated carbocycles. The Bertz CT molecular complexity index is 392. The Labute approximate surface area is 107 Å². The van der Waals surface area contributed by atoms with Crippen molar-refractivity contribution in [2.45, 2.75) is 26.3 Å². The van der Waals surface area contributed by atoms with Gasteiger partial charge in [0.15, 0.2) is 0 Å². The smallest absolute Gasteiger partial charge is 0.306 e. The Morgan fingerprint density at radius 2 is 2.17 bits per heavy atom. The zero-order chi connectivity index (χ0) is 13.4. The van der Waals surface area contributed by atoms with Gasteiger partial charge in [-0.05, 0) is 18.6 Å². The molecule has 5 heteroatoms. The minimum Gasteiger partial charge on any atom is -0.466 e. The van der Waals surface area contributed by atoms with Crippen LogP contribution in [0.5, 0.6) is 0 Å². The Hall–Kier alpha value is -1.91. The SMILES string of the molecule is CCOC(=O)CCC(=O)N(C)Cc1cccnc1. The average molecular weight is 250 g/mol. The first-order valence-electron chi connectivity index (χ1n) is 5.92. The third-order valence-corrected chi connectivity index (χ3v) is 2.42. The quantitative estimate of drug-likeness (QED) is 0.716. The van der Waals surface area contributed by atoms with Crippen LogP contribution in [0.2, 0.25) is 0 Å². The van der Waals surface area contributed by atoms with Crippen molar-refractivity contribution in [1.29, 1.82) is 0 Å². The summed E-state index contributed by atoms with van der Waals surface area (Å²) in [5, 5.41) is 0. The largest absolute Gasteiger partial charge is 0.466 e. The molecule has 0 aliphatic heterocycles. The van der Waals surface area contributed by atoms with Crippen molar-refractivity contribution in [2.75, 3.05) is 13.7 Å². The highest BCUT2D eigenvalue weighted by Gasteiger charge is 2.12. The van der Waals surface area contributed by atoms with Gasteiger partial charge in [0.05, 0.1) is 13.0 Å². The highest BCUT2D eigenvalue weighted by molar-refractivity contribution is 5.81. The van der Waals surface area contributed by atoms with E-state index in [1.807, 2.05) is 12.1 Å². The molecule has 0 N–H and O–H groups in total. The first kappa shape index (κ1) is 14.2. The van der Waals surface area contributed by atoms with Crippen LogP contribution >= 0.6 is 0 Å². The van der Waals surface area contributed by atoms with Gasteiger partial charge in [0.25, 0.3) is 0 Å². The molecule has 0 radical (unpaired) electrons. The molecular formula is C13H18N2O3. The van der Waals surface area contributed by atoms with Crippen molar-refractivity contribution in [3.05, 3.63) is 30.1 Å². The minimum absolute atomic E-state index is 0.0769. The molecule has 0 atom stereocenters. The van der Waals surface area contributed by atoms with Crippen LogP contribution in [0.15, 0.2) is 24.5 Å². The van der Waals surface area contributed by atoms with Gasteiger partial charge < -0.3 is 9.64 Å². The lowest BCUT2D eigenvalue weighted by molar-refractivity contribution is -0.145. The number of esters is 1. The molecule has 0 fully saturated rings. The van der Waals surface area contributed by atoms with E-state index in [4.69, 9.17) is 4.74 Å². The Balaban J connectivity index is 2.35. The van der Waals surface area contributed by atoms with Gasteiger partial charge in [-0.25, -0.2) is 0 Å². The molecule has 1 aromatic rings. The van der Waals surface area contributed by atoms with Crippen molar-refractivity contribution in [1.82, 2.24) is 9.88 Å². The van der Waals surface area contributed by atoms with Crippen LogP contribution in [0.1, 0.15) is 25.3 Å². The molecular weight excluding hydrogens is 232 g/mol. The van der Waals surface area contributed by atoms with E-state index >= 15 is 0 Å². The number of aromatic nitrogens is 1. The third-order valence-electron chi connectivity index (χ3n) is 2.42. The Morgan fingerprint density at radius 1 is 1.39 bits per heavy atom. The van der Waals surface area contributed by atoms with Crippen LogP contribution in [-0.4, -0.2) is 35.4 Å². The van der Waals surface area contributed by atoms with E-state index < -0.39 is 0 Å². The van der Waals surface area contributed by atoms with E-state index in [-0.39, 0.29) is 24.7 Å². The number of amides is 1. The summed E-state index contributed by atoms with van der Waals surface area (Å²) in [6.45, 7) is 2.59. The molecule has 18 heavy (non-hydrogen) atoms. The lowest BCUT2D eigenvalue weighted by atomic mass is 10.2. The van der Waals surface area contributed by atoms with E-state index in [0.717, 1.165) is 5.56 Å². The summed E-state index contributed by atoms with van der Waals surface area (Å²) in [7, 11) is 1.71. The fourth-order valence-corrected chi connectivity index (χ4v) is 1.49. The molecule has 0 bridgehead atoms. The number of carbonyl (C=O) groups excluding carboxylic acids is 2. The molecule has 0 spiro atoms. The number of rotatable bonds is 6. The summed E-state index contributed by atoms with van der Waals surface area (Å²) in [6, 6.07) is 3.73. The average Bonchev–Trinajstić information content (AvgIpc) is 2.37. The molecule has 1 heterocycles. The molecule has 0 aliphatic carbocycles. The normalized spacial score (nSPS) is 9.89. The van der Waals surface area contributed by atoms with Crippen LogP contribution in [-0.2, 0) is 20.9 Å². The number of hydrogen-bond acceptors (Lipinski definition) is 4. The molecule has 5 nitrogen and oxygen atoms in total. The molecule has 0 saturated heterocycles. The van der Waals surface area contributed by atoms with Crippen LogP contribution in [0.25, 0.3) is 0 Å². The zero-order valence-electron chi connectivity index (χ0n) is 10.8. The number of nitrogens with zero attached hydrogens (tertiary/aromatic N) is 2. The summed E-state index contributed by atoms with van der Waals surface area (Å²) in [5.41, 5.74) is 0.962. The molecule has 98 valence electrons. The third kappa shape index (κ3) is 4.95. The van der Waals surface area contributed by atoms with E-state index in [9.17, 15) is 9.59 Å². The second kappa shape index (κ2) is 7.42. The maximum atomic E-state index is 11.8. The maximum Gasteiger partial charge on any atom is 0.306 e. The first-order valence-corrected chi connectivity index (χ1v) is 5.92. The van der Waals surface area contributed by atoms with Crippen molar-refractivity contribution >= 4 is 11.9 Å². The standard InChI is InChI=1S/C13H18N2O3/c1-3-18-13(17)7-6-12(16)15(2)10-11-5-4-8-14-9-11/h4-5,8-9H,3,6-7,10H2,1-2H3. The van der Waals surface area contributed by atoms with E-state index in [0.29, 0.717) is 13.2 Å². The van der Waals surface area contributed by atoms with Gasteiger partial charge >= 0.3 is 5.97 Å². The summed E-state index contributed by atoms with van der Waals surface area (Å²) in [5.74, 6) is -0.410. The monoisotopic (exact) mass is 250 g/mol. The lowest BCUT2D eigenvalue weighted by Crippen LogP contribution is -2.26. The van der Waals surface area contributed by atoms with Gasteiger partial charge in [0, 0.05) is 32.4 Å². The number of pyridine rings is 1. The van der Waals surface area contributed by atoms with Gasteiger partial charge in [-0.15, -0.1) is 0 Å². The van der Waals surface area contributed by atoms with E-state index in [1.54, 1.807) is 31.3 Å². The van der Waals surface area contributed by atoms with Crippen molar-refractivity contribution in [3.8, 4) is 0 Å². The fraction of sp³-hybridized carbons (Fsp3) is 0.462. The molecule has 1 amide bonds. The zero-order valence-corrected chi connectivity index (χ0v) is 10.8. The van der Waals surface area contributed by atoms with Gasteiger partial charge in [-0.2, -0.15) is 0 Å². The second-order valence-corrected chi connectivity index (χ2v) is 3.92. The molecule has 0 unspecified atom stereocenters.